The van der Waals surface area contributed by atoms with Gasteiger partial charge in [0.1, 0.15) is 5.82 Å². The fourth-order valence-electron chi connectivity index (χ4n) is 3.90. The van der Waals surface area contributed by atoms with Crippen LogP contribution in [0.15, 0.2) is 78.9 Å². The molecule has 0 aliphatic carbocycles. The van der Waals surface area contributed by atoms with Gasteiger partial charge in [0.2, 0.25) is 0 Å². The molecule has 3 aromatic carbocycles. The Morgan fingerprint density at radius 3 is 1.78 bits per heavy atom. The molecule has 0 aliphatic heterocycles. The first-order valence-electron chi connectivity index (χ1n) is 9.32. The maximum atomic E-state index is 13.4. The topological polar surface area (TPSA) is 0 Å². The van der Waals surface area contributed by atoms with Crippen molar-refractivity contribution in [2.75, 3.05) is 5.50 Å². The minimum absolute atomic E-state index is 0.183. The van der Waals surface area contributed by atoms with E-state index in [4.69, 9.17) is 11.6 Å². The Morgan fingerprint density at radius 2 is 1.22 bits per heavy atom. The molecule has 0 amide bonds. The Hall–Kier alpha value is -1.69. The minimum Gasteiger partial charge on any atom is -0.207 e. The highest BCUT2D eigenvalue weighted by Crippen LogP contribution is 2.23. The van der Waals surface area contributed by atoms with E-state index in [0.717, 1.165) is 5.67 Å². The third kappa shape index (κ3) is 4.60. The summed E-state index contributed by atoms with van der Waals surface area (Å²) < 4.78 is 13.4. The van der Waals surface area contributed by atoms with E-state index < -0.39 is 16.1 Å². The van der Waals surface area contributed by atoms with Gasteiger partial charge in [-0.3, -0.25) is 0 Å². The lowest BCUT2D eigenvalue weighted by Crippen LogP contribution is -2.57. The van der Waals surface area contributed by atoms with Crippen molar-refractivity contribution in [1.82, 2.24) is 0 Å². The highest BCUT2D eigenvalue weighted by Gasteiger charge is 2.37. The van der Waals surface area contributed by atoms with Crippen LogP contribution in [0.4, 0.5) is 4.39 Å². The van der Waals surface area contributed by atoms with Crippen LogP contribution in [0.3, 0.4) is 0 Å². The molecule has 0 saturated carbocycles. The molecule has 0 aliphatic rings. The standard InChI is InChI=1S/C23H26ClFSi2/c1-26(2,18-27(3,17-24)23-15-11-21(25)12-16-23)22-13-9-20(10-14-22)19-7-5-4-6-8-19/h4-16H,17-18H2,1-3H3. The molecule has 3 aromatic rings. The number of alkyl halides is 1. The number of halogens is 2. The zero-order valence-corrected chi connectivity index (χ0v) is 18.9. The van der Waals surface area contributed by atoms with Crippen molar-refractivity contribution in [1.29, 1.82) is 0 Å². The van der Waals surface area contributed by atoms with Crippen LogP contribution in [0, 0.1) is 5.82 Å². The van der Waals surface area contributed by atoms with Gasteiger partial charge in [-0.15, -0.1) is 11.6 Å². The van der Waals surface area contributed by atoms with E-state index in [0.29, 0.717) is 5.50 Å². The molecule has 0 spiro atoms. The third-order valence-corrected chi connectivity index (χ3v) is 18.1. The molecule has 0 heterocycles. The molecule has 140 valence electrons. The van der Waals surface area contributed by atoms with Crippen LogP contribution in [-0.4, -0.2) is 21.7 Å². The predicted octanol–water partition coefficient (Wildman–Crippen LogP) is 5.71. The van der Waals surface area contributed by atoms with E-state index in [2.05, 4.69) is 68.2 Å². The van der Waals surface area contributed by atoms with Gasteiger partial charge in [0.25, 0.3) is 0 Å². The van der Waals surface area contributed by atoms with Crippen LogP contribution in [0.25, 0.3) is 11.1 Å². The van der Waals surface area contributed by atoms with Crippen molar-refractivity contribution in [2.45, 2.75) is 25.3 Å². The Balaban J connectivity index is 1.85. The number of hydrogen-bond acceptors (Lipinski definition) is 0. The van der Waals surface area contributed by atoms with E-state index in [-0.39, 0.29) is 5.82 Å². The second-order valence-electron chi connectivity index (χ2n) is 8.21. The Labute approximate surface area is 169 Å². The van der Waals surface area contributed by atoms with E-state index in [1.54, 1.807) is 12.1 Å². The summed E-state index contributed by atoms with van der Waals surface area (Å²) in [6.45, 7) is 7.18. The summed E-state index contributed by atoms with van der Waals surface area (Å²) in [6, 6.07) is 26.5. The lowest BCUT2D eigenvalue weighted by atomic mass is 10.1. The summed E-state index contributed by atoms with van der Waals surface area (Å²) in [5.74, 6) is -0.183. The first-order chi connectivity index (χ1) is 12.8. The molecule has 1 atom stereocenters. The number of benzene rings is 3. The van der Waals surface area contributed by atoms with Crippen LogP contribution >= 0.6 is 11.6 Å². The molecule has 0 aromatic heterocycles. The molecule has 0 N–H and O–H groups in total. The van der Waals surface area contributed by atoms with Crippen LogP contribution in [-0.2, 0) is 0 Å². The van der Waals surface area contributed by atoms with Gasteiger partial charge in [-0.25, -0.2) is 4.39 Å². The smallest absolute Gasteiger partial charge is 0.123 e. The Kier molecular flexibility index (Phi) is 6.04. The quantitative estimate of drug-likeness (QED) is 0.359. The molecule has 3 rings (SSSR count). The van der Waals surface area contributed by atoms with Crippen molar-refractivity contribution in [2.24, 2.45) is 0 Å². The van der Waals surface area contributed by atoms with E-state index in [1.165, 1.54) is 21.5 Å². The van der Waals surface area contributed by atoms with E-state index in [1.807, 2.05) is 18.2 Å². The first kappa shape index (κ1) is 20.1. The summed E-state index contributed by atoms with van der Waals surface area (Å²) in [7, 11) is -3.53. The molecule has 0 nitrogen and oxygen atoms in total. The van der Waals surface area contributed by atoms with Crippen molar-refractivity contribution in [3.63, 3.8) is 0 Å². The maximum absolute atomic E-state index is 13.4. The molecule has 1 unspecified atom stereocenters. The fourth-order valence-corrected chi connectivity index (χ4v) is 17.2. The zero-order chi connectivity index (χ0) is 19.5. The van der Waals surface area contributed by atoms with Crippen LogP contribution in [0.2, 0.25) is 25.3 Å². The summed E-state index contributed by atoms with van der Waals surface area (Å²) in [5, 5.41) is 2.70. The largest absolute Gasteiger partial charge is 0.207 e. The second kappa shape index (κ2) is 8.13. The van der Waals surface area contributed by atoms with Gasteiger partial charge in [-0.1, -0.05) is 102 Å². The van der Waals surface area contributed by atoms with Crippen LogP contribution in [0.1, 0.15) is 0 Å². The van der Waals surface area contributed by atoms with Crippen molar-refractivity contribution < 1.29 is 4.39 Å². The Bertz CT molecular complexity index is 877. The first-order valence-corrected chi connectivity index (χ1v) is 16.0. The van der Waals surface area contributed by atoms with Gasteiger partial charge >= 0.3 is 0 Å². The molecule has 4 heteroatoms. The lowest BCUT2D eigenvalue weighted by Gasteiger charge is -2.34. The summed E-state index contributed by atoms with van der Waals surface area (Å²) in [5.41, 5.74) is 4.31. The average molecular weight is 413 g/mol. The van der Waals surface area contributed by atoms with Crippen molar-refractivity contribution in [3.05, 3.63) is 84.7 Å². The van der Waals surface area contributed by atoms with Crippen molar-refractivity contribution in [3.8, 4) is 11.1 Å². The normalized spacial score (nSPS) is 14.0. The summed E-state index contributed by atoms with van der Waals surface area (Å²) in [4.78, 5) is 0. The molecule has 0 saturated heterocycles. The second-order valence-corrected chi connectivity index (χ2v) is 18.7. The zero-order valence-electron chi connectivity index (χ0n) is 16.2. The molecule has 27 heavy (non-hydrogen) atoms. The highest BCUT2D eigenvalue weighted by molar-refractivity contribution is 7.08. The van der Waals surface area contributed by atoms with Crippen LogP contribution in [0.5, 0.6) is 0 Å². The molecule has 0 bridgehead atoms. The van der Waals surface area contributed by atoms with Crippen LogP contribution < -0.4 is 10.4 Å². The average Bonchev–Trinajstić information content (AvgIpc) is 2.69. The van der Waals surface area contributed by atoms with Crippen molar-refractivity contribution >= 4 is 38.1 Å². The fraction of sp³-hybridized carbons (Fsp3) is 0.217. The number of hydrogen-bond donors (Lipinski definition) is 0. The van der Waals surface area contributed by atoms with Gasteiger partial charge in [0.15, 0.2) is 0 Å². The molecule has 0 fully saturated rings. The third-order valence-electron chi connectivity index (χ3n) is 5.44. The van der Waals surface area contributed by atoms with Gasteiger partial charge in [-0.2, -0.15) is 0 Å². The van der Waals surface area contributed by atoms with E-state index in [9.17, 15) is 4.39 Å². The van der Waals surface area contributed by atoms with Gasteiger partial charge in [-0.05, 0) is 23.3 Å². The van der Waals surface area contributed by atoms with Gasteiger partial charge < -0.3 is 0 Å². The molecule has 0 radical (unpaired) electrons. The lowest BCUT2D eigenvalue weighted by molar-refractivity contribution is 0.628. The van der Waals surface area contributed by atoms with Gasteiger partial charge in [0, 0.05) is 5.50 Å². The summed E-state index contributed by atoms with van der Waals surface area (Å²) >= 11 is 6.47. The predicted molar refractivity (Wildman–Crippen MR) is 122 cm³/mol. The summed E-state index contributed by atoms with van der Waals surface area (Å²) in [6.07, 6.45) is 0. The molecular formula is C23H26ClFSi2. The number of rotatable bonds is 6. The monoisotopic (exact) mass is 412 g/mol. The maximum Gasteiger partial charge on any atom is 0.123 e. The Morgan fingerprint density at radius 1 is 0.704 bits per heavy atom. The minimum atomic E-state index is -1.86. The highest BCUT2D eigenvalue weighted by atomic mass is 35.5. The van der Waals surface area contributed by atoms with Gasteiger partial charge in [0.05, 0.1) is 16.1 Å². The SMILES string of the molecule is C[Si](C)(C[Si](C)(CCl)c1ccc(F)cc1)c1ccc(-c2ccccc2)cc1. The molecular weight excluding hydrogens is 387 g/mol. The van der Waals surface area contributed by atoms with E-state index >= 15 is 0 Å².